The second-order valence-corrected chi connectivity index (χ2v) is 10.2. The van der Waals surface area contributed by atoms with Crippen molar-refractivity contribution in [2.45, 2.75) is 74.1 Å². The molecule has 0 bridgehead atoms. The summed E-state index contributed by atoms with van der Waals surface area (Å²) in [6.07, 6.45) is 0.727. The number of hydrogen-bond donors (Lipinski definition) is 4. The van der Waals surface area contributed by atoms with Gasteiger partial charge in [0.15, 0.2) is 22.1 Å². The Hall–Kier alpha value is -2.31. The zero-order valence-electron chi connectivity index (χ0n) is 19.7. The van der Waals surface area contributed by atoms with Crippen LogP contribution in [0, 0.1) is 0 Å². The number of unbranched alkanes of at least 4 members (excludes halogenated alkanes) is 1. The van der Waals surface area contributed by atoms with Gasteiger partial charge in [0.1, 0.15) is 12.2 Å². The number of anilines is 1. The smallest absolute Gasteiger partial charge is 0.191 e. The van der Waals surface area contributed by atoms with Crippen LogP contribution in [0.25, 0.3) is 11.2 Å². The number of nitrogens with one attached hydrogen (secondary N) is 1. The summed E-state index contributed by atoms with van der Waals surface area (Å²) in [6, 6.07) is 10.1. The van der Waals surface area contributed by atoms with Crippen LogP contribution in [0.4, 0.5) is 5.82 Å². The molecule has 4 N–H and O–H groups in total. The minimum absolute atomic E-state index is 0.0949. The van der Waals surface area contributed by atoms with Gasteiger partial charge < -0.3 is 25.4 Å². The Bertz CT molecular complexity index is 1130. The van der Waals surface area contributed by atoms with Crippen LogP contribution in [0.2, 0.25) is 0 Å². The largest absolute Gasteiger partial charge is 0.394 e. The second-order valence-electron chi connectivity index (χ2n) is 9.18. The van der Waals surface area contributed by atoms with Crippen molar-refractivity contribution >= 4 is 28.7 Å². The quantitative estimate of drug-likeness (QED) is 0.176. The predicted molar refractivity (Wildman–Crippen MR) is 132 cm³/mol. The molecule has 2 saturated carbocycles. The molecular weight excluding hydrogens is 468 g/mol. The first-order valence-corrected chi connectivity index (χ1v) is 13.2. The summed E-state index contributed by atoms with van der Waals surface area (Å²) in [4.78, 5) is 9.51. The maximum absolute atomic E-state index is 10.7. The van der Waals surface area contributed by atoms with Crippen molar-refractivity contribution in [2.24, 2.45) is 0 Å². The fourth-order valence-electron chi connectivity index (χ4n) is 4.68. The molecule has 6 atom stereocenters. The highest BCUT2D eigenvalue weighted by atomic mass is 32.2. The summed E-state index contributed by atoms with van der Waals surface area (Å²) in [7, 11) is 0. The van der Waals surface area contributed by atoms with Crippen LogP contribution < -0.4 is 5.32 Å². The molecule has 35 heavy (non-hydrogen) atoms. The Kier molecular flexibility index (Phi) is 7.49. The van der Waals surface area contributed by atoms with Gasteiger partial charge in [0.2, 0.25) is 0 Å². The van der Waals surface area contributed by atoms with Gasteiger partial charge in [-0.2, -0.15) is 0 Å². The van der Waals surface area contributed by atoms with Gasteiger partial charge in [-0.25, -0.2) is 14.6 Å². The first-order chi connectivity index (χ1) is 17.1. The van der Waals surface area contributed by atoms with Gasteiger partial charge in [0.05, 0.1) is 25.4 Å². The Labute approximate surface area is 208 Å². The number of ether oxygens (including phenoxy) is 1. The topological polar surface area (TPSA) is 138 Å². The van der Waals surface area contributed by atoms with Crippen LogP contribution in [0.15, 0.2) is 35.5 Å². The lowest BCUT2D eigenvalue weighted by molar-refractivity contribution is -0.0629. The summed E-state index contributed by atoms with van der Waals surface area (Å²) in [5.74, 6) is 1.97. The molecule has 0 amide bonds. The Balaban J connectivity index is 1.43. The second kappa shape index (κ2) is 10.8. The van der Waals surface area contributed by atoms with Gasteiger partial charge in [0.25, 0.3) is 0 Å². The van der Waals surface area contributed by atoms with E-state index < -0.39 is 24.4 Å². The van der Waals surface area contributed by atoms with Crippen molar-refractivity contribution in [3.8, 4) is 0 Å². The molecule has 2 aromatic heterocycles. The number of aliphatic hydroxyl groups excluding tert-OH is 3. The van der Waals surface area contributed by atoms with Gasteiger partial charge in [-0.1, -0.05) is 60.7 Å². The average Bonchev–Trinajstić information content (AvgIpc) is 3.42. The number of thioether (sulfide) groups is 1. The SMILES string of the molecule is CCCCSc1nc(NC2CC2c2ccccc2)c2nnn(C3CC(OCCO)[C@@H](O)[C@@H]3O)c2n1. The third kappa shape index (κ3) is 5.14. The maximum atomic E-state index is 10.7. The highest BCUT2D eigenvalue weighted by Crippen LogP contribution is 2.43. The minimum atomic E-state index is -1.09. The van der Waals surface area contributed by atoms with Crippen molar-refractivity contribution in [3.05, 3.63) is 35.9 Å². The molecule has 2 aliphatic rings. The van der Waals surface area contributed by atoms with Crippen LogP contribution in [-0.4, -0.2) is 83.6 Å². The molecule has 5 rings (SSSR count). The van der Waals surface area contributed by atoms with E-state index in [2.05, 4.69) is 46.8 Å². The molecule has 188 valence electrons. The molecule has 0 saturated heterocycles. The van der Waals surface area contributed by atoms with Crippen molar-refractivity contribution < 1.29 is 20.1 Å². The number of fused-ring (bicyclic) bond motifs is 1. The molecule has 0 aliphatic heterocycles. The zero-order chi connectivity index (χ0) is 24.4. The van der Waals surface area contributed by atoms with Crippen LogP contribution >= 0.6 is 11.8 Å². The van der Waals surface area contributed by atoms with E-state index in [0.29, 0.717) is 34.5 Å². The third-order valence-electron chi connectivity index (χ3n) is 6.71. The van der Waals surface area contributed by atoms with Gasteiger partial charge in [-0.05, 0) is 18.4 Å². The molecule has 3 aromatic rings. The van der Waals surface area contributed by atoms with Crippen molar-refractivity contribution in [2.75, 3.05) is 24.3 Å². The molecule has 2 fully saturated rings. The number of aromatic nitrogens is 5. The molecule has 1 aromatic carbocycles. The first kappa shape index (κ1) is 24.4. The maximum Gasteiger partial charge on any atom is 0.191 e. The van der Waals surface area contributed by atoms with Crippen molar-refractivity contribution in [1.82, 2.24) is 25.0 Å². The number of rotatable bonds is 11. The monoisotopic (exact) mass is 500 g/mol. The minimum Gasteiger partial charge on any atom is -0.394 e. The summed E-state index contributed by atoms with van der Waals surface area (Å²) < 4.78 is 7.12. The summed E-state index contributed by atoms with van der Waals surface area (Å²) in [5.41, 5.74) is 2.37. The fraction of sp³-hybridized carbons (Fsp3) is 0.583. The van der Waals surface area contributed by atoms with Gasteiger partial charge >= 0.3 is 0 Å². The van der Waals surface area contributed by atoms with Gasteiger partial charge in [-0.3, -0.25) is 0 Å². The Morgan fingerprint density at radius 2 is 1.97 bits per heavy atom. The average molecular weight is 501 g/mol. The van der Waals surface area contributed by atoms with E-state index in [1.165, 1.54) is 5.56 Å². The molecule has 10 nitrogen and oxygen atoms in total. The highest BCUT2D eigenvalue weighted by molar-refractivity contribution is 7.99. The van der Waals surface area contributed by atoms with E-state index in [4.69, 9.17) is 19.8 Å². The molecule has 11 heteroatoms. The highest BCUT2D eigenvalue weighted by Gasteiger charge is 2.45. The van der Waals surface area contributed by atoms with E-state index in [9.17, 15) is 10.2 Å². The van der Waals surface area contributed by atoms with Gasteiger partial charge in [0, 0.05) is 24.1 Å². The van der Waals surface area contributed by atoms with E-state index >= 15 is 0 Å². The molecule has 0 radical (unpaired) electrons. The van der Waals surface area contributed by atoms with E-state index in [-0.39, 0.29) is 19.3 Å². The van der Waals surface area contributed by atoms with E-state index in [0.717, 1.165) is 25.0 Å². The third-order valence-corrected chi connectivity index (χ3v) is 7.64. The number of nitrogens with zero attached hydrogens (tertiary/aromatic N) is 5. The van der Waals surface area contributed by atoms with E-state index in [1.54, 1.807) is 16.4 Å². The van der Waals surface area contributed by atoms with Crippen molar-refractivity contribution in [1.29, 1.82) is 0 Å². The molecule has 4 unspecified atom stereocenters. The molecular formula is C24H32N6O4S. The molecule has 2 heterocycles. The molecule has 2 aliphatic carbocycles. The lowest BCUT2D eigenvalue weighted by Crippen LogP contribution is -2.33. The summed E-state index contributed by atoms with van der Waals surface area (Å²) >= 11 is 1.59. The summed E-state index contributed by atoms with van der Waals surface area (Å²) in [6.45, 7) is 2.09. The van der Waals surface area contributed by atoms with Crippen LogP contribution in [0.5, 0.6) is 0 Å². The standard InChI is InChI=1S/C24H32N6O4S/c1-2-3-11-35-24-26-22(25-16-12-15(16)14-7-5-4-6-8-14)19-23(27-24)30(29-28-19)17-13-18(34-10-9-31)21(33)20(17)32/h4-8,15-18,20-21,31-33H,2-3,9-13H2,1H3,(H,25,26,27)/t15?,16?,17?,18?,20-,21-/m1/s1. The fourth-order valence-corrected chi connectivity index (χ4v) is 5.61. The molecule has 0 spiro atoms. The number of aliphatic hydroxyl groups is 3. The van der Waals surface area contributed by atoms with E-state index in [1.807, 2.05) is 6.07 Å². The number of hydrogen-bond acceptors (Lipinski definition) is 10. The lowest BCUT2D eigenvalue weighted by Gasteiger charge is -2.17. The van der Waals surface area contributed by atoms with Gasteiger partial charge in [-0.15, -0.1) is 5.10 Å². The zero-order valence-corrected chi connectivity index (χ0v) is 20.5. The van der Waals surface area contributed by atoms with Crippen molar-refractivity contribution in [3.63, 3.8) is 0 Å². The van der Waals surface area contributed by atoms with Crippen LogP contribution in [0.3, 0.4) is 0 Å². The Morgan fingerprint density at radius 3 is 2.74 bits per heavy atom. The lowest BCUT2D eigenvalue weighted by atomic mass is 10.1. The van der Waals surface area contributed by atoms with Crippen LogP contribution in [-0.2, 0) is 4.74 Å². The number of benzene rings is 1. The summed E-state index contributed by atoms with van der Waals surface area (Å²) in [5, 5.41) is 43.2. The predicted octanol–water partition coefficient (Wildman–Crippen LogP) is 2.13. The Morgan fingerprint density at radius 1 is 1.14 bits per heavy atom. The normalized spacial score (nSPS) is 28.0. The first-order valence-electron chi connectivity index (χ1n) is 12.3. The van der Waals surface area contributed by atoms with Crippen LogP contribution in [0.1, 0.15) is 50.1 Å².